The van der Waals surface area contributed by atoms with Crippen molar-refractivity contribution in [1.82, 2.24) is 30.2 Å². The number of nitrogens with zero attached hydrogens (tertiary/aromatic N) is 2. The fraction of sp³-hybridized carbons (Fsp3) is 0.217. The van der Waals surface area contributed by atoms with Crippen LogP contribution in [0.25, 0.3) is 10.9 Å². The van der Waals surface area contributed by atoms with Crippen molar-refractivity contribution in [3.63, 3.8) is 0 Å². The van der Waals surface area contributed by atoms with E-state index in [0.29, 0.717) is 30.0 Å². The van der Waals surface area contributed by atoms with Gasteiger partial charge in [-0.05, 0) is 30.7 Å². The molecule has 1 atom stereocenters. The van der Waals surface area contributed by atoms with E-state index in [4.69, 9.17) is 4.74 Å². The van der Waals surface area contributed by atoms with Gasteiger partial charge in [-0.3, -0.25) is 14.7 Å². The topological polar surface area (TPSA) is 171 Å². The van der Waals surface area contributed by atoms with Crippen molar-refractivity contribution in [3.05, 3.63) is 72.7 Å². The standard InChI is InChI=1S/C23H25N7O5S/c31-21(16-7-8-17-14-28-29-19(17)13-16)27-15-20(30-36(33,34)18-5-2-1-3-6-18)22(32)35-12-4-9-24-23-25-10-11-26-23/h1-3,5-8,10-11,13-14,20,30H,4,9,12,15H2,(H,27,31)(H,28,29)(H2,24,25,26). The van der Waals surface area contributed by atoms with E-state index >= 15 is 0 Å². The maximum atomic E-state index is 12.8. The summed E-state index contributed by atoms with van der Waals surface area (Å²) in [6, 6.07) is 11.3. The third-order valence-electron chi connectivity index (χ3n) is 5.16. The number of anilines is 1. The molecule has 0 aliphatic carbocycles. The Morgan fingerprint density at radius 1 is 1.11 bits per heavy atom. The minimum atomic E-state index is -4.04. The monoisotopic (exact) mass is 511 g/mol. The Hall–Kier alpha value is -4.23. The number of H-pyrrole nitrogens is 2. The number of sulfonamides is 1. The van der Waals surface area contributed by atoms with E-state index in [0.717, 1.165) is 5.39 Å². The molecule has 5 N–H and O–H groups in total. The van der Waals surface area contributed by atoms with Crippen molar-refractivity contribution in [2.24, 2.45) is 0 Å². The summed E-state index contributed by atoms with van der Waals surface area (Å²) in [5.41, 5.74) is 1.00. The maximum Gasteiger partial charge on any atom is 0.326 e. The molecule has 0 spiro atoms. The smallest absolute Gasteiger partial charge is 0.326 e. The van der Waals surface area contributed by atoms with Crippen LogP contribution in [0.4, 0.5) is 5.95 Å². The van der Waals surface area contributed by atoms with Crippen molar-refractivity contribution in [2.75, 3.05) is 25.0 Å². The van der Waals surface area contributed by atoms with Gasteiger partial charge in [0.15, 0.2) is 5.95 Å². The Balaban J connectivity index is 1.38. The first kappa shape index (κ1) is 24.9. The number of aromatic nitrogens is 4. The van der Waals surface area contributed by atoms with Gasteiger partial charge in [0.25, 0.3) is 5.91 Å². The molecule has 0 radical (unpaired) electrons. The zero-order valence-corrected chi connectivity index (χ0v) is 19.9. The highest BCUT2D eigenvalue weighted by molar-refractivity contribution is 7.89. The Labute approximate surface area is 206 Å². The van der Waals surface area contributed by atoms with Crippen molar-refractivity contribution in [1.29, 1.82) is 0 Å². The van der Waals surface area contributed by atoms with Gasteiger partial charge in [-0.25, -0.2) is 13.4 Å². The third-order valence-corrected chi connectivity index (χ3v) is 6.65. The first-order valence-corrected chi connectivity index (χ1v) is 12.6. The van der Waals surface area contributed by atoms with E-state index in [-0.39, 0.29) is 18.0 Å². The summed E-state index contributed by atoms with van der Waals surface area (Å²) in [5, 5.41) is 13.2. The molecular formula is C23H25N7O5S. The Bertz CT molecular complexity index is 1410. The lowest BCUT2D eigenvalue weighted by Crippen LogP contribution is -2.49. The molecule has 188 valence electrons. The molecule has 0 bridgehead atoms. The molecule has 4 aromatic rings. The van der Waals surface area contributed by atoms with Crippen LogP contribution in [0.15, 0.2) is 72.0 Å². The maximum absolute atomic E-state index is 12.8. The van der Waals surface area contributed by atoms with E-state index in [2.05, 4.69) is 35.5 Å². The first-order chi connectivity index (χ1) is 17.4. The molecule has 0 saturated heterocycles. The summed E-state index contributed by atoms with van der Waals surface area (Å²) in [5.74, 6) is -0.700. The molecule has 4 rings (SSSR count). The average molecular weight is 512 g/mol. The van der Waals surface area contributed by atoms with E-state index in [1.54, 1.807) is 55.0 Å². The summed E-state index contributed by atoms with van der Waals surface area (Å²) >= 11 is 0. The molecule has 13 heteroatoms. The molecule has 0 saturated carbocycles. The number of benzene rings is 2. The molecular weight excluding hydrogens is 486 g/mol. The van der Waals surface area contributed by atoms with Crippen LogP contribution in [0.5, 0.6) is 0 Å². The van der Waals surface area contributed by atoms with Crippen LogP contribution >= 0.6 is 0 Å². The molecule has 2 aromatic carbocycles. The van der Waals surface area contributed by atoms with Crippen molar-refractivity contribution < 1.29 is 22.7 Å². The minimum Gasteiger partial charge on any atom is -0.464 e. The molecule has 1 unspecified atom stereocenters. The number of esters is 1. The normalized spacial score (nSPS) is 12.2. The Kier molecular flexibility index (Phi) is 7.92. The Morgan fingerprint density at radius 2 is 1.94 bits per heavy atom. The fourth-order valence-electron chi connectivity index (χ4n) is 3.32. The van der Waals surface area contributed by atoms with Gasteiger partial charge in [-0.2, -0.15) is 9.82 Å². The third kappa shape index (κ3) is 6.46. The van der Waals surface area contributed by atoms with Gasteiger partial charge in [0, 0.05) is 36.4 Å². The predicted molar refractivity (Wildman–Crippen MR) is 132 cm³/mol. The number of amides is 1. The fourth-order valence-corrected chi connectivity index (χ4v) is 4.52. The summed E-state index contributed by atoms with van der Waals surface area (Å²) in [6.07, 6.45) is 5.37. The van der Waals surface area contributed by atoms with Crippen LogP contribution in [0.1, 0.15) is 16.8 Å². The number of carbonyl (C=O) groups is 2. The second-order valence-electron chi connectivity index (χ2n) is 7.75. The van der Waals surface area contributed by atoms with E-state index in [1.165, 1.54) is 12.1 Å². The lowest BCUT2D eigenvalue weighted by molar-refractivity contribution is -0.145. The molecule has 1 amide bonds. The van der Waals surface area contributed by atoms with E-state index in [1.807, 2.05) is 0 Å². The molecule has 2 aromatic heterocycles. The highest BCUT2D eigenvalue weighted by Crippen LogP contribution is 2.13. The van der Waals surface area contributed by atoms with E-state index in [9.17, 15) is 18.0 Å². The number of rotatable bonds is 12. The number of imidazole rings is 1. The summed E-state index contributed by atoms with van der Waals surface area (Å²) in [7, 11) is -4.04. The SMILES string of the molecule is O=C(NCC(NS(=O)(=O)c1ccccc1)C(=O)OCCCNc1ncc[nH]1)c1ccc2cn[nH]c2c1. The van der Waals surface area contributed by atoms with Crippen LogP contribution in [0.3, 0.4) is 0 Å². The van der Waals surface area contributed by atoms with Crippen LogP contribution in [-0.2, 0) is 19.6 Å². The zero-order valence-electron chi connectivity index (χ0n) is 19.1. The second-order valence-corrected chi connectivity index (χ2v) is 9.47. The van der Waals surface area contributed by atoms with Crippen LogP contribution in [-0.4, -0.2) is 66.2 Å². The molecule has 36 heavy (non-hydrogen) atoms. The molecule has 0 aliphatic heterocycles. The highest BCUT2D eigenvalue weighted by Gasteiger charge is 2.27. The van der Waals surface area contributed by atoms with Gasteiger partial charge in [0.1, 0.15) is 6.04 Å². The average Bonchev–Trinajstić information content (AvgIpc) is 3.58. The van der Waals surface area contributed by atoms with Crippen LogP contribution < -0.4 is 15.4 Å². The molecule has 0 fully saturated rings. The van der Waals surface area contributed by atoms with Gasteiger partial charge in [-0.1, -0.05) is 24.3 Å². The Morgan fingerprint density at radius 3 is 2.72 bits per heavy atom. The van der Waals surface area contributed by atoms with Gasteiger partial charge in [0.05, 0.1) is 23.2 Å². The van der Waals surface area contributed by atoms with Crippen LogP contribution in [0, 0.1) is 0 Å². The number of nitrogens with one attached hydrogen (secondary N) is 5. The van der Waals surface area contributed by atoms with Gasteiger partial charge in [0.2, 0.25) is 10.0 Å². The zero-order chi connectivity index (χ0) is 25.4. The number of fused-ring (bicyclic) bond motifs is 1. The number of ether oxygens (including phenoxy) is 1. The minimum absolute atomic E-state index is 0.0125. The number of aromatic amines is 2. The van der Waals surface area contributed by atoms with Gasteiger partial charge < -0.3 is 20.4 Å². The highest BCUT2D eigenvalue weighted by atomic mass is 32.2. The van der Waals surface area contributed by atoms with Gasteiger partial charge in [-0.15, -0.1) is 0 Å². The summed E-state index contributed by atoms with van der Waals surface area (Å²) in [4.78, 5) is 32.4. The van der Waals surface area contributed by atoms with E-state index < -0.39 is 27.9 Å². The molecule has 2 heterocycles. The summed E-state index contributed by atoms with van der Waals surface area (Å²) < 4.78 is 33.3. The van der Waals surface area contributed by atoms with Crippen molar-refractivity contribution >= 4 is 38.8 Å². The van der Waals surface area contributed by atoms with Crippen molar-refractivity contribution in [3.8, 4) is 0 Å². The lowest BCUT2D eigenvalue weighted by Gasteiger charge is -2.18. The lowest BCUT2D eigenvalue weighted by atomic mass is 10.1. The van der Waals surface area contributed by atoms with Gasteiger partial charge >= 0.3 is 5.97 Å². The number of hydrogen-bond donors (Lipinski definition) is 5. The van der Waals surface area contributed by atoms with Crippen molar-refractivity contribution in [2.45, 2.75) is 17.4 Å². The summed E-state index contributed by atoms with van der Waals surface area (Å²) in [6.45, 7) is 0.212. The quantitative estimate of drug-likeness (QED) is 0.140. The largest absolute Gasteiger partial charge is 0.464 e. The molecule has 0 aliphatic rings. The second kappa shape index (κ2) is 11.5. The first-order valence-electron chi connectivity index (χ1n) is 11.1. The number of hydrogen-bond acceptors (Lipinski definition) is 8. The van der Waals surface area contributed by atoms with Crippen LogP contribution in [0.2, 0.25) is 0 Å². The number of carbonyl (C=O) groups excluding carboxylic acids is 2. The molecule has 12 nitrogen and oxygen atoms in total. The predicted octanol–water partition coefficient (Wildman–Crippen LogP) is 1.41.